The number of hydrogen-bond acceptors (Lipinski definition) is 6. The third kappa shape index (κ3) is 6.45. The number of rotatable bonds is 8. The molecule has 6 nitrogen and oxygen atoms in total. The van der Waals surface area contributed by atoms with Gasteiger partial charge in [0.05, 0.1) is 20.0 Å². The Morgan fingerprint density at radius 2 is 1.88 bits per heavy atom. The summed E-state index contributed by atoms with van der Waals surface area (Å²) in [6, 6.07) is 9.77. The SMILES string of the molecule is CC[C@H](C)OC(=O)CN1C(=O)S/C(=C/c2cc(Br)c(OCc3ccccc3F)c(Br)c2)C1=O. The van der Waals surface area contributed by atoms with Gasteiger partial charge in [-0.1, -0.05) is 25.1 Å². The number of halogens is 3. The fourth-order valence-corrected chi connectivity index (χ4v) is 5.12. The van der Waals surface area contributed by atoms with E-state index in [1.165, 1.54) is 6.07 Å². The van der Waals surface area contributed by atoms with Crippen LogP contribution in [0.4, 0.5) is 9.18 Å². The van der Waals surface area contributed by atoms with E-state index in [2.05, 4.69) is 31.9 Å². The summed E-state index contributed by atoms with van der Waals surface area (Å²) in [4.78, 5) is 38.0. The number of carbonyl (C=O) groups is 3. The first kappa shape index (κ1) is 25.5. The zero-order valence-corrected chi connectivity index (χ0v) is 21.8. The molecular formula is C23H20Br2FNO5S. The standard InChI is InChI=1S/C23H20Br2FNO5S/c1-3-13(2)32-20(28)11-27-22(29)19(33-23(27)30)10-14-8-16(24)21(17(25)9-14)31-12-15-6-4-5-7-18(15)26/h4-10,13H,3,11-12H2,1-2H3/b19-10+/t13-/m0/s1. The van der Waals surface area contributed by atoms with Gasteiger partial charge >= 0.3 is 5.97 Å². The normalized spacial score (nSPS) is 15.8. The van der Waals surface area contributed by atoms with Crippen molar-refractivity contribution in [3.8, 4) is 5.75 Å². The maximum Gasteiger partial charge on any atom is 0.326 e. The van der Waals surface area contributed by atoms with Crippen molar-refractivity contribution < 1.29 is 28.2 Å². The quantitative estimate of drug-likeness (QED) is 0.261. The van der Waals surface area contributed by atoms with Crippen molar-refractivity contribution in [3.05, 3.63) is 67.2 Å². The minimum Gasteiger partial charge on any atom is -0.486 e. The molecule has 1 atom stereocenters. The second kappa shape index (κ2) is 11.3. The van der Waals surface area contributed by atoms with Crippen molar-refractivity contribution in [3.63, 3.8) is 0 Å². The molecule has 0 saturated carbocycles. The molecule has 1 heterocycles. The van der Waals surface area contributed by atoms with Crippen LogP contribution in [0.2, 0.25) is 0 Å². The fraction of sp³-hybridized carbons (Fsp3) is 0.261. The van der Waals surface area contributed by atoms with Crippen molar-refractivity contribution in [1.29, 1.82) is 0 Å². The second-order valence-electron chi connectivity index (χ2n) is 7.17. The number of imide groups is 1. The van der Waals surface area contributed by atoms with Crippen LogP contribution in [0.3, 0.4) is 0 Å². The second-order valence-corrected chi connectivity index (χ2v) is 9.87. The fourth-order valence-electron chi connectivity index (χ4n) is 2.83. The molecule has 1 saturated heterocycles. The lowest BCUT2D eigenvalue weighted by atomic mass is 10.2. The third-order valence-corrected chi connectivity index (χ3v) is 6.80. The Morgan fingerprint density at radius 1 is 1.21 bits per heavy atom. The van der Waals surface area contributed by atoms with Crippen LogP contribution in [0.5, 0.6) is 5.75 Å². The maximum absolute atomic E-state index is 13.8. The van der Waals surface area contributed by atoms with Gasteiger partial charge in [0.2, 0.25) is 0 Å². The van der Waals surface area contributed by atoms with Gasteiger partial charge in [-0.2, -0.15) is 0 Å². The van der Waals surface area contributed by atoms with E-state index in [0.717, 1.165) is 16.7 Å². The van der Waals surface area contributed by atoms with Crippen molar-refractivity contribution in [2.75, 3.05) is 6.54 Å². The van der Waals surface area contributed by atoms with Gasteiger partial charge in [0.1, 0.15) is 24.7 Å². The molecule has 0 bridgehead atoms. The average molecular weight is 601 g/mol. The zero-order chi connectivity index (χ0) is 24.1. The highest BCUT2D eigenvalue weighted by molar-refractivity contribution is 9.11. The maximum atomic E-state index is 13.8. The van der Waals surface area contributed by atoms with Crippen LogP contribution < -0.4 is 4.74 Å². The molecule has 2 aromatic rings. The highest BCUT2D eigenvalue weighted by Crippen LogP contribution is 2.38. The molecule has 0 aliphatic carbocycles. The molecule has 33 heavy (non-hydrogen) atoms. The van der Waals surface area contributed by atoms with E-state index >= 15 is 0 Å². The Bertz CT molecular complexity index is 1100. The topological polar surface area (TPSA) is 72.9 Å². The van der Waals surface area contributed by atoms with Gasteiger partial charge in [0.25, 0.3) is 11.1 Å². The van der Waals surface area contributed by atoms with E-state index in [1.54, 1.807) is 43.3 Å². The van der Waals surface area contributed by atoms with Crippen molar-refractivity contribution in [2.24, 2.45) is 0 Å². The lowest BCUT2D eigenvalue weighted by Gasteiger charge is -2.15. The van der Waals surface area contributed by atoms with Gasteiger partial charge in [-0.3, -0.25) is 19.3 Å². The summed E-state index contributed by atoms with van der Waals surface area (Å²) in [6.45, 7) is 3.22. The van der Waals surface area contributed by atoms with E-state index in [1.807, 2.05) is 6.92 Å². The molecule has 0 unspecified atom stereocenters. The Hall–Kier alpha value is -2.17. The number of benzene rings is 2. The van der Waals surface area contributed by atoms with Crippen LogP contribution in [0, 0.1) is 5.82 Å². The third-order valence-electron chi connectivity index (χ3n) is 4.72. The molecule has 1 aliphatic rings. The largest absolute Gasteiger partial charge is 0.486 e. The van der Waals surface area contributed by atoms with Gasteiger partial charge in [-0.25, -0.2) is 4.39 Å². The van der Waals surface area contributed by atoms with Crippen molar-refractivity contribution in [2.45, 2.75) is 33.0 Å². The number of thioether (sulfide) groups is 1. The van der Waals surface area contributed by atoms with Gasteiger partial charge < -0.3 is 9.47 Å². The van der Waals surface area contributed by atoms with E-state index in [0.29, 0.717) is 32.2 Å². The van der Waals surface area contributed by atoms with Gasteiger partial charge in [0.15, 0.2) is 0 Å². The Morgan fingerprint density at radius 3 is 2.52 bits per heavy atom. The van der Waals surface area contributed by atoms with E-state index in [9.17, 15) is 18.8 Å². The molecule has 0 aromatic heterocycles. The number of hydrogen-bond donors (Lipinski definition) is 0. The van der Waals surface area contributed by atoms with Gasteiger partial charge in [0, 0.05) is 5.56 Å². The lowest BCUT2D eigenvalue weighted by Crippen LogP contribution is -2.35. The molecule has 174 valence electrons. The summed E-state index contributed by atoms with van der Waals surface area (Å²) in [6.07, 6.45) is 1.90. The molecule has 1 fully saturated rings. The first-order chi connectivity index (χ1) is 15.7. The number of amides is 2. The zero-order valence-electron chi connectivity index (χ0n) is 17.8. The summed E-state index contributed by atoms with van der Waals surface area (Å²) in [7, 11) is 0. The van der Waals surface area contributed by atoms with E-state index in [-0.39, 0.29) is 23.4 Å². The van der Waals surface area contributed by atoms with E-state index in [4.69, 9.17) is 9.47 Å². The first-order valence-electron chi connectivity index (χ1n) is 9.99. The van der Waals surface area contributed by atoms with Gasteiger partial charge in [-0.05, 0) is 86.8 Å². The highest BCUT2D eigenvalue weighted by Gasteiger charge is 2.37. The van der Waals surface area contributed by atoms with Gasteiger partial charge in [-0.15, -0.1) is 0 Å². The molecular weight excluding hydrogens is 581 g/mol. The molecule has 0 spiro atoms. The predicted molar refractivity (Wildman–Crippen MR) is 131 cm³/mol. The van der Waals surface area contributed by atoms with Crippen molar-refractivity contribution in [1.82, 2.24) is 4.90 Å². The summed E-state index contributed by atoms with van der Waals surface area (Å²) >= 11 is 7.62. The minimum absolute atomic E-state index is 0.0366. The van der Waals surface area contributed by atoms with Crippen molar-refractivity contribution >= 4 is 66.8 Å². The Kier molecular flexibility index (Phi) is 8.72. The Labute approximate surface area is 211 Å². The molecule has 0 N–H and O–H groups in total. The molecule has 3 rings (SSSR count). The lowest BCUT2D eigenvalue weighted by molar-refractivity contribution is -0.150. The van der Waals surface area contributed by atoms with E-state index < -0.39 is 23.7 Å². The number of nitrogens with zero attached hydrogens (tertiary/aromatic N) is 1. The minimum atomic E-state index is -0.630. The molecule has 2 aromatic carbocycles. The number of carbonyl (C=O) groups excluding carboxylic acids is 3. The smallest absolute Gasteiger partial charge is 0.326 e. The number of esters is 1. The van der Waals surface area contributed by atoms with Crippen LogP contribution in [0.15, 0.2) is 50.2 Å². The predicted octanol–water partition coefficient (Wildman–Crippen LogP) is 6.31. The molecule has 10 heteroatoms. The van der Waals surface area contributed by atoms with Crippen LogP contribution in [0.1, 0.15) is 31.4 Å². The van der Waals surface area contributed by atoms with Crippen LogP contribution in [0.25, 0.3) is 6.08 Å². The van der Waals surface area contributed by atoms with Crippen LogP contribution >= 0.6 is 43.6 Å². The Balaban J connectivity index is 1.72. The monoisotopic (exact) mass is 599 g/mol. The molecule has 0 radical (unpaired) electrons. The first-order valence-corrected chi connectivity index (χ1v) is 12.4. The highest BCUT2D eigenvalue weighted by atomic mass is 79.9. The number of ether oxygens (including phenoxy) is 2. The summed E-state index contributed by atoms with van der Waals surface area (Å²) in [5, 5.41) is -0.532. The molecule has 2 amide bonds. The van der Waals surface area contributed by atoms with Crippen LogP contribution in [-0.4, -0.2) is 34.7 Å². The van der Waals surface area contributed by atoms with Crippen LogP contribution in [-0.2, 0) is 20.9 Å². The molecule has 1 aliphatic heterocycles. The summed E-state index contributed by atoms with van der Waals surface area (Å²) in [5.74, 6) is -1.07. The summed E-state index contributed by atoms with van der Waals surface area (Å²) < 4.78 is 25.9. The average Bonchev–Trinajstić information content (AvgIpc) is 3.01. The summed E-state index contributed by atoms with van der Waals surface area (Å²) in [5.41, 5.74) is 1.04.